The van der Waals surface area contributed by atoms with E-state index in [0.717, 1.165) is 11.8 Å². The summed E-state index contributed by atoms with van der Waals surface area (Å²) >= 11 is 0. The summed E-state index contributed by atoms with van der Waals surface area (Å²) in [7, 11) is 0. The highest BCUT2D eigenvalue weighted by Gasteiger charge is 2.10. The van der Waals surface area contributed by atoms with E-state index in [9.17, 15) is 4.39 Å². The third-order valence-electron chi connectivity index (χ3n) is 2.64. The number of rotatable bonds is 3. The molecule has 0 fully saturated rings. The molecule has 1 heterocycles. The number of nitriles is 1. The Bertz CT molecular complexity index is 677. The second kappa shape index (κ2) is 5.66. The highest BCUT2D eigenvalue weighted by Crippen LogP contribution is 2.25. The largest absolute Gasteiger partial charge is 0.436 e. The van der Waals surface area contributed by atoms with Gasteiger partial charge in [0, 0.05) is 17.7 Å². The molecule has 102 valence electrons. The van der Waals surface area contributed by atoms with Crippen molar-refractivity contribution >= 4 is 0 Å². The van der Waals surface area contributed by atoms with E-state index in [2.05, 4.69) is 9.97 Å². The third kappa shape index (κ3) is 3.09. The van der Waals surface area contributed by atoms with Crippen molar-refractivity contribution in [1.29, 1.82) is 5.26 Å². The van der Waals surface area contributed by atoms with Crippen LogP contribution < -0.4 is 4.74 Å². The Kier molecular flexibility index (Phi) is 3.94. The fourth-order valence-corrected chi connectivity index (χ4v) is 1.64. The molecule has 0 aliphatic carbocycles. The van der Waals surface area contributed by atoms with E-state index in [1.807, 2.05) is 26.8 Å². The Hall–Kier alpha value is -2.48. The van der Waals surface area contributed by atoms with Gasteiger partial charge in [0.25, 0.3) is 0 Å². The first kappa shape index (κ1) is 13.9. The van der Waals surface area contributed by atoms with Crippen LogP contribution in [0.5, 0.6) is 11.6 Å². The van der Waals surface area contributed by atoms with Crippen molar-refractivity contribution in [3.05, 3.63) is 47.2 Å². The van der Waals surface area contributed by atoms with Crippen molar-refractivity contribution in [3.63, 3.8) is 0 Å². The number of benzene rings is 1. The molecule has 5 heteroatoms. The van der Waals surface area contributed by atoms with Gasteiger partial charge in [-0.15, -0.1) is 0 Å². The van der Waals surface area contributed by atoms with Gasteiger partial charge in [-0.3, -0.25) is 0 Å². The van der Waals surface area contributed by atoms with E-state index in [-0.39, 0.29) is 17.2 Å². The normalized spacial score (nSPS) is 10.4. The van der Waals surface area contributed by atoms with E-state index >= 15 is 0 Å². The van der Waals surface area contributed by atoms with Gasteiger partial charge < -0.3 is 4.74 Å². The Morgan fingerprint density at radius 1 is 1.25 bits per heavy atom. The van der Waals surface area contributed by atoms with Gasteiger partial charge in [0.1, 0.15) is 5.82 Å². The van der Waals surface area contributed by atoms with Gasteiger partial charge in [0.2, 0.25) is 5.88 Å². The lowest BCUT2D eigenvalue weighted by atomic mass is 10.2. The van der Waals surface area contributed by atoms with Crippen LogP contribution in [-0.4, -0.2) is 9.97 Å². The van der Waals surface area contributed by atoms with Crippen LogP contribution in [0.1, 0.15) is 36.8 Å². The maximum atomic E-state index is 13.8. The first-order chi connectivity index (χ1) is 9.49. The standard InChI is InChI=1S/C15H14FN3O/c1-9(2)15-18-10(3)6-14(19-15)20-13-5-4-11(8-17)7-12(13)16/h4-7,9H,1-3H3. The molecule has 0 saturated heterocycles. The number of hydrogen-bond acceptors (Lipinski definition) is 4. The number of aromatic nitrogens is 2. The number of nitrogens with zero attached hydrogens (tertiary/aromatic N) is 3. The van der Waals surface area contributed by atoms with Crippen molar-refractivity contribution in [2.45, 2.75) is 26.7 Å². The molecule has 1 aromatic carbocycles. The van der Waals surface area contributed by atoms with Crippen LogP contribution in [0.15, 0.2) is 24.3 Å². The van der Waals surface area contributed by atoms with Gasteiger partial charge in [0.15, 0.2) is 11.6 Å². The summed E-state index contributed by atoms with van der Waals surface area (Å²) in [6, 6.07) is 7.56. The molecule has 0 unspecified atom stereocenters. The first-order valence-electron chi connectivity index (χ1n) is 6.22. The monoisotopic (exact) mass is 271 g/mol. The minimum absolute atomic E-state index is 0.0387. The summed E-state index contributed by atoms with van der Waals surface area (Å²) in [4.78, 5) is 8.54. The van der Waals surface area contributed by atoms with Crippen molar-refractivity contribution in [1.82, 2.24) is 9.97 Å². The average Bonchev–Trinajstić information content (AvgIpc) is 2.40. The lowest BCUT2D eigenvalue weighted by Gasteiger charge is -2.10. The molecule has 0 aliphatic rings. The molecule has 1 aromatic heterocycles. The Labute approximate surface area is 116 Å². The Morgan fingerprint density at radius 3 is 2.60 bits per heavy atom. The van der Waals surface area contributed by atoms with Gasteiger partial charge in [-0.25, -0.2) is 9.37 Å². The molecule has 0 saturated carbocycles. The molecule has 0 atom stereocenters. The van der Waals surface area contributed by atoms with Crippen LogP contribution in [0.4, 0.5) is 4.39 Å². The van der Waals surface area contributed by atoms with Crippen LogP contribution in [0.2, 0.25) is 0 Å². The van der Waals surface area contributed by atoms with E-state index in [1.165, 1.54) is 12.1 Å². The zero-order valence-corrected chi connectivity index (χ0v) is 11.5. The van der Waals surface area contributed by atoms with Gasteiger partial charge in [-0.2, -0.15) is 10.2 Å². The lowest BCUT2D eigenvalue weighted by Crippen LogP contribution is -2.01. The molecule has 0 amide bonds. The minimum atomic E-state index is -0.591. The van der Waals surface area contributed by atoms with Crippen molar-refractivity contribution in [3.8, 4) is 17.7 Å². The zero-order valence-electron chi connectivity index (χ0n) is 11.5. The van der Waals surface area contributed by atoms with Crippen LogP contribution in [0.25, 0.3) is 0 Å². The Morgan fingerprint density at radius 2 is 2.00 bits per heavy atom. The number of ether oxygens (including phenoxy) is 1. The fraction of sp³-hybridized carbons (Fsp3) is 0.267. The van der Waals surface area contributed by atoms with Crippen molar-refractivity contribution in [2.24, 2.45) is 0 Å². The van der Waals surface area contributed by atoms with E-state index < -0.39 is 5.82 Å². The van der Waals surface area contributed by atoms with Gasteiger partial charge >= 0.3 is 0 Å². The molecule has 0 radical (unpaired) electrons. The first-order valence-corrected chi connectivity index (χ1v) is 6.22. The van der Waals surface area contributed by atoms with E-state index in [0.29, 0.717) is 11.7 Å². The topological polar surface area (TPSA) is 58.8 Å². The maximum absolute atomic E-state index is 13.8. The molecule has 0 aliphatic heterocycles. The summed E-state index contributed by atoms with van der Waals surface area (Å²) < 4.78 is 19.2. The molecular weight excluding hydrogens is 257 g/mol. The summed E-state index contributed by atoms with van der Waals surface area (Å²) in [5, 5.41) is 8.70. The average molecular weight is 271 g/mol. The summed E-state index contributed by atoms with van der Waals surface area (Å²) in [6.07, 6.45) is 0. The third-order valence-corrected chi connectivity index (χ3v) is 2.64. The predicted molar refractivity (Wildman–Crippen MR) is 72.0 cm³/mol. The summed E-state index contributed by atoms with van der Waals surface area (Å²) in [6.45, 7) is 5.78. The second-order valence-electron chi connectivity index (χ2n) is 4.72. The zero-order chi connectivity index (χ0) is 14.7. The van der Waals surface area contributed by atoms with Gasteiger partial charge in [0.05, 0.1) is 11.6 Å². The second-order valence-corrected chi connectivity index (χ2v) is 4.72. The highest BCUT2D eigenvalue weighted by atomic mass is 19.1. The summed E-state index contributed by atoms with van der Waals surface area (Å²) in [5.41, 5.74) is 1.00. The van der Waals surface area contributed by atoms with Crippen LogP contribution >= 0.6 is 0 Å². The van der Waals surface area contributed by atoms with Crippen LogP contribution in [0, 0.1) is 24.1 Å². The van der Waals surface area contributed by atoms with Gasteiger partial charge in [-0.1, -0.05) is 13.8 Å². The summed E-state index contributed by atoms with van der Waals surface area (Å²) in [5.74, 6) is 0.546. The lowest BCUT2D eigenvalue weighted by molar-refractivity contribution is 0.422. The molecule has 20 heavy (non-hydrogen) atoms. The molecule has 0 N–H and O–H groups in total. The Balaban J connectivity index is 2.33. The van der Waals surface area contributed by atoms with Crippen molar-refractivity contribution in [2.75, 3.05) is 0 Å². The van der Waals surface area contributed by atoms with Crippen LogP contribution in [-0.2, 0) is 0 Å². The highest BCUT2D eigenvalue weighted by molar-refractivity contribution is 5.37. The molecular formula is C15H14FN3O. The predicted octanol–water partition coefficient (Wildman–Crippen LogP) is 3.71. The smallest absolute Gasteiger partial charge is 0.222 e. The molecule has 2 rings (SSSR count). The number of aryl methyl sites for hydroxylation is 1. The number of hydrogen-bond donors (Lipinski definition) is 0. The minimum Gasteiger partial charge on any atom is -0.436 e. The maximum Gasteiger partial charge on any atom is 0.222 e. The molecule has 2 aromatic rings. The fourth-order valence-electron chi connectivity index (χ4n) is 1.64. The quantitative estimate of drug-likeness (QED) is 0.853. The van der Waals surface area contributed by atoms with E-state index in [1.54, 1.807) is 6.07 Å². The van der Waals surface area contributed by atoms with Crippen molar-refractivity contribution < 1.29 is 9.13 Å². The molecule has 0 spiro atoms. The SMILES string of the molecule is Cc1cc(Oc2ccc(C#N)cc2F)nc(C(C)C)n1. The number of halogens is 1. The molecule has 0 bridgehead atoms. The van der Waals surface area contributed by atoms with Gasteiger partial charge in [-0.05, 0) is 25.1 Å². The van der Waals surface area contributed by atoms with E-state index in [4.69, 9.17) is 10.00 Å². The molecule has 4 nitrogen and oxygen atoms in total. The van der Waals surface area contributed by atoms with Crippen LogP contribution in [0.3, 0.4) is 0 Å².